The summed E-state index contributed by atoms with van der Waals surface area (Å²) >= 11 is 0. The molecule has 0 saturated carbocycles. The molecule has 1 unspecified atom stereocenters. The fourth-order valence-corrected chi connectivity index (χ4v) is 2.94. The fourth-order valence-electron chi connectivity index (χ4n) is 1.75. The SMILES string of the molecule is CCCNC(C)c1cccc(S(=O)(=O)NCCC)c1. The molecule has 1 aromatic carbocycles. The molecule has 108 valence electrons. The van der Waals surface area contributed by atoms with E-state index in [-0.39, 0.29) is 6.04 Å². The van der Waals surface area contributed by atoms with Gasteiger partial charge in [0.05, 0.1) is 4.90 Å². The van der Waals surface area contributed by atoms with Crippen LogP contribution in [0, 0.1) is 0 Å². The van der Waals surface area contributed by atoms with E-state index in [2.05, 4.69) is 17.0 Å². The highest BCUT2D eigenvalue weighted by Crippen LogP contribution is 2.17. The zero-order valence-corrected chi connectivity index (χ0v) is 12.8. The Hall–Kier alpha value is -0.910. The second-order valence-corrected chi connectivity index (χ2v) is 6.41. The molecule has 0 spiro atoms. The lowest BCUT2D eigenvalue weighted by atomic mass is 10.1. The summed E-state index contributed by atoms with van der Waals surface area (Å²) in [6.45, 7) is 7.48. The quantitative estimate of drug-likeness (QED) is 0.771. The van der Waals surface area contributed by atoms with Gasteiger partial charge in [0.25, 0.3) is 0 Å². The second kappa shape index (κ2) is 7.62. The van der Waals surface area contributed by atoms with Gasteiger partial charge < -0.3 is 5.32 Å². The lowest BCUT2D eigenvalue weighted by Crippen LogP contribution is -2.25. The predicted molar refractivity (Wildman–Crippen MR) is 78.6 cm³/mol. The molecular weight excluding hydrogens is 260 g/mol. The maximum absolute atomic E-state index is 12.0. The molecule has 1 atom stereocenters. The van der Waals surface area contributed by atoms with Gasteiger partial charge in [0.1, 0.15) is 0 Å². The predicted octanol–water partition coefficient (Wildman–Crippen LogP) is 2.44. The first-order valence-corrected chi connectivity index (χ1v) is 8.32. The topological polar surface area (TPSA) is 58.2 Å². The summed E-state index contributed by atoms with van der Waals surface area (Å²) in [5.41, 5.74) is 0.993. The third-order valence-corrected chi connectivity index (χ3v) is 4.37. The Morgan fingerprint density at radius 2 is 1.84 bits per heavy atom. The summed E-state index contributed by atoms with van der Waals surface area (Å²) in [6, 6.07) is 7.27. The van der Waals surface area contributed by atoms with E-state index in [0.717, 1.165) is 24.9 Å². The molecule has 0 aliphatic carbocycles. The minimum absolute atomic E-state index is 0.154. The second-order valence-electron chi connectivity index (χ2n) is 4.65. The van der Waals surface area contributed by atoms with E-state index < -0.39 is 10.0 Å². The van der Waals surface area contributed by atoms with Gasteiger partial charge in [-0.1, -0.05) is 26.0 Å². The molecule has 0 radical (unpaired) electrons. The van der Waals surface area contributed by atoms with Gasteiger partial charge >= 0.3 is 0 Å². The van der Waals surface area contributed by atoms with Crippen molar-refractivity contribution in [1.82, 2.24) is 10.0 Å². The molecule has 1 rings (SSSR count). The molecule has 5 heteroatoms. The largest absolute Gasteiger partial charge is 0.310 e. The van der Waals surface area contributed by atoms with Crippen molar-refractivity contribution in [2.45, 2.75) is 44.6 Å². The normalized spacial score (nSPS) is 13.4. The standard InChI is InChI=1S/C14H24N2O2S/c1-4-9-15-12(3)13-7-6-8-14(11-13)19(17,18)16-10-5-2/h6-8,11-12,15-16H,4-5,9-10H2,1-3H3. The van der Waals surface area contributed by atoms with Crippen LogP contribution in [-0.4, -0.2) is 21.5 Å². The Morgan fingerprint density at radius 1 is 1.16 bits per heavy atom. The molecular formula is C14H24N2O2S. The maximum Gasteiger partial charge on any atom is 0.240 e. The molecule has 0 bridgehead atoms. The van der Waals surface area contributed by atoms with Crippen LogP contribution in [0.1, 0.15) is 45.2 Å². The van der Waals surface area contributed by atoms with Gasteiger partial charge in [-0.25, -0.2) is 13.1 Å². The Kier molecular flexibility index (Phi) is 6.48. The molecule has 2 N–H and O–H groups in total. The van der Waals surface area contributed by atoms with E-state index >= 15 is 0 Å². The molecule has 0 fully saturated rings. The van der Waals surface area contributed by atoms with Crippen molar-refractivity contribution in [3.8, 4) is 0 Å². The first-order valence-electron chi connectivity index (χ1n) is 6.84. The van der Waals surface area contributed by atoms with E-state index in [0.29, 0.717) is 11.4 Å². The van der Waals surface area contributed by atoms with Crippen LogP contribution in [0.4, 0.5) is 0 Å². The Labute approximate surface area is 116 Å². The number of rotatable bonds is 8. The van der Waals surface area contributed by atoms with E-state index in [4.69, 9.17) is 0 Å². The molecule has 4 nitrogen and oxygen atoms in total. The number of nitrogens with one attached hydrogen (secondary N) is 2. The van der Waals surface area contributed by atoms with Crippen LogP contribution in [-0.2, 0) is 10.0 Å². The lowest BCUT2D eigenvalue weighted by molar-refractivity contribution is 0.567. The summed E-state index contributed by atoms with van der Waals surface area (Å²) in [5.74, 6) is 0. The highest BCUT2D eigenvalue weighted by Gasteiger charge is 2.14. The van der Waals surface area contributed by atoms with Crippen LogP contribution < -0.4 is 10.0 Å². The fraction of sp³-hybridized carbons (Fsp3) is 0.571. The summed E-state index contributed by atoms with van der Waals surface area (Å²) in [5, 5.41) is 3.36. The average Bonchev–Trinajstić information content (AvgIpc) is 2.42. The molecule has 19 heavy (non-hydrogen) atoms. The number of benzene rings is 1. The Balaban J connectivity index is 2.87. The van der Waals surface area contributed by atoms with Crippen LogP contribution in [0.2, 0.25) is 0 Å². The van der Waals surface area contributed by atoms with Crippen molar-refractivity contribution in [3.63, 3.8) is 0 Å². The summed E-state index contributed by atoms with van der Waals surface area (Å²) < 4.78 is 26.7. The first kappa shape index (κ1) is 16.1. The Bertz CT molecular complexity index is 486. The summed E-state index contributed by atoms with van der Waals surface area (Å²) in [7, 11) is -3.38. The molecule has 0 aromatic heterocycles. The zero-order chi connectivity index (χ0) is 14.3. The van der Waals surface area contributed by atoms with E-state index in [1.165, 1.54) is 0 Å². The van der Waals surface area contributed by atoms with Gasteiger partial charge in [-0.05, 0) is 44.0 Å². The van der Waals surface area contributed by atoms with Crippen LogP contribution in [0.3, 0.4) is 0 Å². The van der Waals surface area contributed by atoms with E-state index in [1.54, 1.807) is 18.2 Å². The average molecular weight is 284 g/mol. The monoisotopic (exact) mass is 284 g/mol. The minimum atomic E-state index is -3.38. The highest BCUT2D eigenvalue weighted by molar-refractivity contribution is 7.89. The number of hydrogen-bond donors (Lipinski definition) is 2. The number of sulfonamides is 1. The van der Waals surface area contributed by atoms with Gasteiger partial charge in [0.2, 0.25) is 10.0 Å². The van der Waals surface area contributed by atoms with Gasteiger partial charge in [0.15, 0.2) is 0 Å². The van der Waals surface area contributed by atoms with Crippen molar-refractivity contribution in [3.05, 3.63) is 29.8 Å². The highest BCUT2D eigenvalue weighted by atomic mass is 32.2. The molecule has 1 aromatic rings. The van der Waals surface area contributed by atoms with Crippen molar-refractivity contribution >= 4 is 10.0 Å². The maximum atomic E-state index is 12.0. The third kappa shape index (κ3) is 4.93. The van der Waals surface area contributed by atoms with Crippen molar-refractivity contribution in [2.75, 3.05) is 13.1 Å². The molecule has 0 amide bonds. The first-order chi connectivity index (χ1) is 9.01. The van der Waals surface area contributed by atoms with Gasteiger partial charge in [-0.2, -0.15) is 0 Å². The molecule has 0 heterocycles. The van der Waals surface area contributed by atoms with Crippen LogP contribution in [0.25, 0.3) is 0 Å². The summed E-state index contributed by atoms with van der Waals surface area (Å²) in [6.07, 6.45) is 1.84. The summed E-state index contributed by atoms with van der Waals surface area (Å²) in [4.78, 5) is 0.337. The minimum Gasteiger partial charge on any atom is -0.310 e. The van der Waals surface area contributed by atoms with Gasteiger partial charge in [-0.3, -0.25) is 0 Å². The van der Waals surface area contributed by atoms with Crippen LogP contribution in [0.15, 0.2) is 29.2 Å². The van der Waals surface area contributed by atoms with Crippen molar-refractivity contribution < 1.29 is 8.42 Å². The van der Waals surface area contributed by atoms with Gasteiger partial charge in [0, 0.05) is 12.6 Å². The van der Waals surface area contributed by atoms with E-state index in [1.807, 2.05) is 19.9 Å². The molecule has 0 aliphatic heterocycles. The van der Waals surface area contributed by atoms with E-state index in [9.17, 15) is 8.42 Å². The number of hydrogen-bond acceptors (Lipinski definition) is 3. The van der Waals surface area contributed by atoms with Crippen LogP contribution >= 0.6 is 0 Å². The lowest BCUT2D eigenvalue weighted by Gasteiger charge is -2.15. The zero-order valence-electron chi connectivity index (χ0n) is 11.9. The molecule has 0 aliphatic rings. The third-order valence-electron chi connectivity index (χ3n) is 2.91. The van der Waals surface area contributed by atoms with Crippen LogP contribution in [0.5, 0.6) is 0 Å². The van der Waals surface area contributed by atoms with Crippen molar-refractivity contribution in [1.29, 1.82) is 0 Å². The van der Waals surface area contributed by atoms with Gasteiger partial charge in [-0.15, -0.1) is 0 Å². The Morgan fingerprint density at radius 3 is 2.47 bits per heavy atom. The van der Waals surface area contributed by atoms with Crippen molar-refractivity contribution in [2.24, 2.45) is 0 Å². The molecule has 0 saturated heterocycles. The smallest absolute Gasteiger partial charge is 0.240 e.